The predicted molar refractivity (Wildman–Crippen MR) is 65.7 cm³/mol. The van der Waals surface area contributed by atoms with Gasteiger partial charge in [0.25, 0.3) is 0 Å². The molecule has 0 saturated carbocycles. The third-order valence-electron chi connectivity index (χ3n) is 3.09. The molecule has 1 N–H and O–H groups in total. The van der Waals surface area contributed by atoms with Crippen LogP contribution in [0.2, 0.25) is 0 Å². The van der Waals surface area contributed by atoms with E-state index in [2.05, 4.69) is 33.0 Å². The number of unbranched alkanes of at least 4 members (excludes halogenated alkanes) is 1. The molecule has 1 nitrogen and oxygen atoms in total. The van der Waals surface area contributed by atoms with E-state index < -0.39 is 0 Å². The third kappa shape index (κ3) is 5.64. The van der Waals surface area contributed by atoms with Crippen molar-refractivity contribution in [2.45, 2.75) is 72.3 Å². The molecule has 0 aromatic rings. The molecule has 0 rings (SSSR count). The van der Waals surface area contributed by atoms with Crippen LogP contribution >= 0.6 is 0 Å². The molecule has 0 aromatic carbocycles. The molecular weight excluding hydrogens is 170 g/mol. The maximum absolute atomic E-state index is 3.64. The summed E-state index contributed by atoms with van der Waals surface area (Å²) in [6.45, 7) is 10.2. The molecule has 0 spiro atoms. The van der Waals surface area contributed by atoms with Crippen LogP contribution in [0.15, 0.2) is 0 Å². The van der Waals surface area contributed by atoms with Gasteiger partial charge in [0.2, 0.25) is 0 Å². The Morgan fingerprint density at radius 2 is 1.64 bits per heavy atom. The lowest BCUT2D eigenvalue weighted by molar-refractivity contribution is 0.305. The first kappa shape index (κ1) is 14.0. The van der Waals surface area contributed by atoms with Crippen molar-refractivity contribution in [3.8, 4) is 0 Å². The minimum absolute atomic E-state index is 0.765. The summed E-state index contributed by atoms with van der Waals surface area (Å²) in [4.78, 5) is 0. The van der Waals surface area contributed by atoms with Gasteiger partial charge < -0.3 is 5.32 Å². The molecule has 0 aliphatic heterocycles. The van der Waals surface area contributed by atoms with E-state index in [0.717, 1.165) is 18.5 Å². The summed E-state index contributed by atoms with van der Waals surface area (Å²) in [5, 5.41) is 3.64. The van der Waals surface area contributed by atoms with Crippen molar-refractivity contribution in [1.82, 2.24) is 5.32 Å². The van der Waals surface area contributed by atoms with Crippen LogP contribution in [0.3, 0.4) is 0 Å². The minimum atomic E-state index is 0.765. The van der Waals surface area contributed by atoms with Gasteiger partial charge in [-0.2, -0.15) is 0 Å². The number of rotatable bonds is 9. The van der Waals surface area contributed by atoms with Gasteiger partial charge in [0.05, 0.1) is 0 Å². The zero-order chi connectivity index (χ0) is 10.8. The van der Waals surface area contributed by atoms with Crippen molar-refractivity contribution < 1.29 is 0 Å². The standard InChI is InChI=1S/C13H29N/c1-5-9-11-12(7-3)13(10-6-2)14-8-4/h12-14H,5-11H2,1-4H3. The first-order valence-electron chi connectivity index (χ1n) is 6.53. The molecule has 0 aliphatic rings. The maximum atomic E-state index is 3.64. The van der Waals surface area contributed by atoms with E-state index in [9.17, 15) is 0 Å². The zero-order valence-electron chi connectivity index (χ0n) is 10.6. The summed E-state index contributed by atoms with van der Waals surface area (Å²) in [5.74, 6) is 0.898. The quantitative estimate of drug-likeness (QED) is 0.592. The van der Waals surface area contributed by atoms with Gasteiger partial charge in [-0.3, -0.25) is 0 Å². The second kappa shape index (κ2) is 9.51. The van der Waals surface area contributed by atoms with Gasteiger partial charge in [0, 0.05) is 6.04 Å². The Labute approximate surface area is 90.7 Å². The van der Waals surface area contributed by atoms with Gasteiger partial charge >= 0.3 is 0 Å². The van der Waals surface area contributed by atoms with Crippen LogP contribution in [0.5, 0.6) is 0 Å². The highest BCUT2D eigenvalue weighted by Gasteiger charge is 2.17. The van der Waals surface area contributed by atoms with Crippen molar-refractivity contribution in [3.05, 3.63) is 0 Å². The average molecular weight is 199 g/mol. The van der Waals surface area contributed by atoms with Crippen LogP contribution in [0.25, 0.3) is 0 Å². The summed E-state index contributed by atoms with van der Waals surface area (Å²) in [5.41, 5.74) is 0. The van der Waals surface area contributed by atoms with E-state index in [-0.39, 0.29) is 0 Å². The summed E-state index contributed by atoms with van der Waals surface area (Å²) in [6, 6.07) is 0.765. The lowest BCUT2D eigenvalue weighted by atomic mass is 9.89. The van der Waals surface area contributed by atoms with Crippen LogP contribution < -0.4 is 5.32 Å². The van der Waals surface area contributed by atoms with Crippen molar-refractivity contribution in [2.75, 3.05) is 6.54 Å². The monoisotopic (exact) mass is 199 g/mol. The SMILES string of the molecule is CCCCC(CC)C(CCC)NCC. The molecular formula is C13H29N. The molecule has 2 unspecified atom stereocenters. The van der Waals surface area contributed by atoms with Crippen molar-refractivity contribution >= 4 is 0 Å². The first-order chi connectivity index (χ1) is 6.79. The number of hydrogen-bond acceptors (Lipinski definition) is 1. The fourth-order valence-corrected chi connectivity index (χ4v) is 2.23. The van der Waals surface area contributed by atoms with Gasteiger partial charge in [-0.1, -0.05) is 53.4 Å². The van der Waals surface area contributed by atoms with Gasteiger partial charge in [0.1, 0.15) is 0 Å². The largest absolute Gasteiger partial charge is 0.314 e. The van der Waals surface area contributed by atoms with Gasteiger partial charge in [-0.05, 0) is 25.3 Å². The highest BCUT2D eigenvalue weighted by atomic mass is 14.9. The smallest absolute Gasteiger partial charge is 0.00950 e. The first-order valence-corrected chi connectivity index (χ1v) is 6.53. The molecule has 1 heteroatoms. The number of nitrogens with one attached hydrogen (secondary N) is 1. The van der Waals surface area contributed by atoms with E-state index in [1.165, 1.54) is 38.5 Å². The van der Waals surface area contributed by atoms with Crippen LogP contribution in [0.4, 0.5) is 0 Å². The van der Waals surface area contributed by atoms with Crippen molar-refractivity contribution in [3.63, 3.8) is 0 Å². The van der Waals surface area contributed by atoms with E-state index in [1.54, 1.807) is 0 Å². The Kier molecular flexibility index (Phi) is 9.49. The molecule has 0 bridgehead atoms. The second-order valence-corrected chi connectivity index (χ2v) is 4.26. The molecule has 0 aromatic heterocycles. The van der Waals surface area contributed by atoms with Crippen LogP contribution in [0, 0.1) is 5.92 Å². The fourth-order valence-electron chi connectivity index (χ4n) is 2.23. The minimum Gasteiger partial charge on any atom is -0.314 e. The summed E-state index contributed by atoms with van der Waals surface area (Å²) >= 11 is 0. The predicted octanol–water partition coefficient (Wildman–Crippen LogP) is 3.98. The van der Waals surface area contributed by atoms with Gasteiger partial charge in [-0.15, -0.1) is 0 Å². The molecule has 14 heavy (non-hydrogen) atoms. The lowest BCUT2D eigenvalue weighted by Crippen LogP contribution is -2.35. The van der Waals surface area contributed by atoms with Crippen LogP contribution in [0.1, 0.15) is 66.2 Å². The van der Waals surface area contributed by atoms with E-state index in [4.69, 9.17) is 0 Å². The average Bonchev–Trinajstić information content (AvgIpc) is 2.19. The van der Waals surface area contributed by atoms with Gasteiger partial charge in [-0.25, -0.2) is 0 Å². The summed E-state index contributed by atoms with van der Waals surface area (Å²) in [6.07, 6.45) is 8.12. The molecule has 0 aliphatic carbocycles. The fraction of sp³-hybridized carbons (Fsp3) is 1.00. The topological polar surface area (TPSA) is 12.0 Å². The Morgan fingerprint density at radius 1 is 0.929 bits per heavy atom. The summed E-state index contributed by atoms with van der Waals surface area (Å²) < 4.78 is 0. The molecule has 0 saturated heterocycles. The van der Waals surface area contributed by atoms with E-state index >= 15 is 0 Å². The Hall–Kier alpha value is -0.0400. The molecule has 86 valence electrons. The zero-order valence-corrected chi connectivity index (χ0v) is 10.6. The lowest BCUT2D eigenvalue weighted by Gasteiger charge is -2.26. The van der Waals surface area contributed by atoms with Crippen molar-refractivity contribution in [1.29, 1.82) is 0 Å². The number of hydrogen-bond donors (Lipinski definition) is 1. The molecule has 2 atom stereocenters. The molecule has 0 fully saturated rings. The van der Waals surface area contributed by atoms with E-state index in [0.29, 0.717) is 0 Å². The Balaban J connectivity index is 3.96. The molecule has 0 heterocycles. The summed E-state index contributed by atoms with van der Waals surface area (Å²) in [7, 11) is 0. The van der Waals surface area contributed by atoms with Gasteiger partial charge in [0.15, 0.2) is 0 Å². The third-order valence-corrected chi connectivity index (χ3v) is 3.09. The van der Waals surface area contributed by atoms with Crippen LogP contribution in [-0.2, 0) is 0 Å². The van der Waals surface area contributed by atoms with Crippen LogP contribution in [-0.4, -0.2) is 12.6 Å². The van der Waals surface area contributed by atoms with E-state index in [1.807, 2.05) is 0 Å². The maximum Gasteiger partial charge on any atom is 0.00950 e. The Bertz CT molecular complexity index is 106. The highest BCUT2D eigenvalue weighted by molar-refractivity contribution is 4.74. The molecule has 0 radical (unpaired) electrons. The van der Waals surface area contributed by atoms with Crippen molar-refractivity contribution in [2.24, 2.45) is 5.92 Å². The second-order valence-electron chi connectivity index (χ2n) is 4.26. The highest BCUT2D eigenvalue weighted by Crippen LogP contribution is 2.20. The molecule has 0 amide bonds. The normalized spacial score (nSPS) is 15.4. The Morgan fingerprint density at radius 3 is 2.07 bits per heavy atom.